The molecule has 2 aliphatic rings. The van der Waals surface area contributed by atoms with Gasteiger partial charge in [-0.15, -0.1) is 0 Å². The number of amides is 1. The first-order valence-electron chi connectivity index (χ1n) is 10.3. The molecule has 2 aromatic rings. The molecule has 0 spiro atoms. The lowest BCUT2D eigenvalue weighted by molar-refractivity contribution is -0.115. The Labute approximate surface area is 172 Å². The second kappa shape index (κ2) is 8.43. The van der Waals surface area contributed by atoms with Gasteiger partial charge in [-0.25, -0.2) is 0 Å². The number of aliphatic hydroxyl groups is 1. The zero-order chi connectivity index (χ0) is 20.4. The van der Waals surface area contributed by atoms with E-state index in [9.17, 15) is 9.90 Å². The van der Waals surface area contributed by atoms with Crippen molar-refractivity contribution in [3.63, 3.8) is 0 Å². The maximum atomic E-state index is 11.4. The summed E-state index contributed by atoms with van der Waals surface area (Å²) in [4.78, 5) is 16.1. The van der Waals surface area contributed by atoms with Crippen molar-refractivity contribution < 1.29 is 14.6 Å². The van der Waals surface area contributed by atoms with E-state index in [-0.39, 0.29) is 12.5 Å². The zero-order valence-corrected chi connectivity index (χ0v) is 17.1. The molecule has 2 N–H and O–H groups in total. The lowest BCUT2D eigenvalue weighted by atomic mass is 10.1. The molecule has 1 fully saturated rings. The van der Waals surface area contributed by atoms with Crippen molar-refractivity contribution in [1.29, 1.82) is 0 Å². The summed E-state index contributed by atoms with van der Waals surface area (Å²) in [5, 5.41) is 13.2. The highest BCUT2D eigenvalue weighted by Gasteiger charge is 2.21. The van der Waals surface area contributed by atoms with Crippen LogP contribution in [0.2, 0.25) is 0 Å². The van der Waals surface area contributed by atoms with Crippen LogP contribution < -0.4 is 15.0 Å². The Morgan fingerprint density at radius 2 is 1.86 bits per heavy atom. The van der Waals surface area contributed by atoms with E-state index in [1.165, 1.54) is 16.8 Å². The maximum Gasteiger partial charge on any atom is 0.228 e. The second-order valence-corrected chi connectivity index (χ2v) is 8.06. The van der Waals surface area contributed by atoms with Crippen molar-refractivity contribution in [2.24, 2.45) is 0 Å². The second-order valence-electron chi connectivity index (χ2n) is 8.06. The Bertz CT molecular complexity index is 891. The highest BCUT2D eigenvalue weighted by molar-refractivity contribution is 5.99. The molecule has 0 saturated carbocycles. The van der Waals surface area contributed by atoms with E-state index in [2.05, 4.69) is 47.2 Å². The van der Waals surface area contributed by atoms with Crippen LogP contribution in [0, 0.1) is 13.8 Å². The van der Waals surface area contributed by atoms with E-state index in [1.807, 2.05) is 18.2 Å². The molecule has 0 bridgehead atoms. The molecule has 4 rings (SSSR count). The van der Waals surface area contributed by atoms with E-state index >= 15 is 0 Å². The minimum atomic E-state index is -0.545. The fraction of sp³-hybridized carbons (Fsp3) is 0.435. The van der Waals surface area contributed by atoms with Crippen LogP contribution in [-0.4, -0.2) is 61.3 Å². The van der Waals surface area contributed by atoms with E-state index in [0.29, 0.717) is 18.7 Å². The Morgan fingerprint density at radius 1 is 1.07 bits per heavy atom. The van der Waals surface area contributed by atoms with Crippen LogP contribution in [0.1, 0.15) is 16.7 Å². The number of benzene rings is 2. The van der Waals surface area contributed by atoms with Crippen LogP contribution in [-0.2, 0) is 11.2 Å². The van der Waals surface area contributed by atoms with Crippen molar-refractivity contribution in [2.45, 2.75) is 26.4 Å². The average Bonchev–Trinajstić information content (AvgIpc) is 3.08. The first-order valence-corrected chi connectivity index (χ1v) is 10.3. The van der Waals surface area contributed by atoms with Crippen LogP contribution >= 0.6 is 0 Å². The molecule has 2 heterocycles. The summed E-state index contributed by atoms with van der Waals surface area (Å²) in [6.45, 7) is 8.92. The van der Waals surface area contributed by atoms with E-state index < -0.39 is 6.10 Å². The van der Waals surface area contributed by atoms with Gasteiger partial charge in [0, 0.05) is 44.1 Å². The molecule has 0 radical (unpaired) electrons. The fourth-order valence-corrected chi connectivity index (χ4v) is 3.95. The van der Waals surface area contributed by atoms with Gasteiger partial charge in [0.15, 0.2) is 0 Å². The molecule has 1 saturated heterocycles. The lowest BCUT2D eigenvalue weighted by Gasteiger charge is -2.37. The first kappa shape index (κ1) is 19.7. The normalized spacial score (nSPS) is 17.8. The third kappa shape index (κ3) is 4.71. The van der Waals surface area contributed by atoms with Crippen molar-refractivity contribution in [2.75, 3.05) is 49.5 Å². The number of ether oxygens (including phenoxy) is 1. The summed E-state index contributed by atoms with van der Waals surface area (Å²) in [6, 6.07) is 12.2. The summed E-state index contributed by atoms with van der Waals surface area (Å²) < 4.78 is 5.76. The van der Waals surface area contributed by atoms with Gasteiger partial charge in [-0.3, -0.25) is 9.69 Å². The van der Waals surface area contributed by atoms with E-state index in [1.54, 1.807) is 0 Å². The number of fused-ring (bicyclic) bond motifs is 1. The summed E-state index contributed by atoms with van der Waals surface area (Å²) >= 11 is 0. The van der Waals surface area contributed by atoms with Crippen LogP contribution in [0.5, 0.6) is 5.75 Å². The fourth-order valence-electron chi connectivity index (χ4n) is 3.95. The van der Waals surface area contributed by atoms with Crippen LogP contribution in [0.25, 0.3) is 0 Å². The van der Waals surface area contributed by atoms with Crippen molar-refractivity contribution >= 4 is 17.3 Å². The summed E-state index contributed by atoms with van der Waals surface area (Å²) in [6.07, 6.45) is -0.156. The van der Waals surface area contributed by atoms with Gasteiger partial charge in [0.05, 0.1) is 6.42 Å². The number of hydrogen-bond acceptors (Lipinski definition) is 5. The molecule has 1 amide bonds. The number of aryl methyl sites for hydroxylation is 2. The maximum absolute atomic E-state index is 11.4. The van der Waals surface area contributed by atoms with Crippen molar-refractivity contribution in [3.8, 4) is 5.75 Å². The minimum Gasteiger partial charge on any atom is -0.491 e. The van der Waals surface area contributed by atoms with Crippen molar-refractivity contribution in [3.05, 3.63) is 53.1 Å². The standard InChI is InChI=1S/C23H29N3O3/c1-16-3-4-19(11-17(16)2)26-9-7-25(8-10-26)14-20(27)15-29-21-5-6-22-18(12-21)13-23(28)24-22/h3-6,11-12,20,27H,7-10,13-15H2,1-2H3,(H,24,28)/t20-/m0/s1. The molecule has 29 heavy (non-hydrogen) atoms. The molecule has 154 valence electrons. The third-order valence-electron chi connectivity index (χ3n) is 5.84. The van der Waals surface area contributed by atoms with Crippen LogP contribution in [0.15, 0.2) is 36.4 Å². The number of nitrogens with zero attached hydrogens (tertiary/aromatic N) is 2. The van der Waals surface area contributed by atoms with Gasteiger partial charge in [-0.1, -0.05) is 6.07 Å². The largest absolute Gasteiger partial charge is 0.491 e. The number of anilines is 2. The lowest BCUT2D eigenvalue weighted by Crippen LogP contribution is -2.49. The number of hydrogen-bond donors (Lipinski definition) is 2. The van der Waals surface area contributed by atoms with Gasteiger partial charge in [-0.2, -0.15) is 0 Å². The van der Waals surface area contributed by atoms with Crippen molar-refractivity contribution in [1.82, 2.24) is 4.90 Å². The van der Waals surface area contributed by atoms with Gasteiger partial charge in [-0.05, 0) is 60.9 Å². The number of piperazine rings is 1. The Hall–Kier alpha value is -2.57. The molecule has 6 heteroatoms. The molecular weight excluding hydrogens is 366 g/mol. The van der Waals surface area contributed by atoms with E-state index in [4.69, 9.17) is 4.74 Å². The Morgan fingerprint density at radius 3 is 2.62 bits per heavy atom. The topological polar surface area (TPSA) is 65.0 Å². The van der Waals surface area contributed by atoms with Gasteiger partial charge in [0.25, 0.3) is 0 Å². The number of β-amino-alcohol motifs (C(OH)–C–C–N with tert-alkyl or cyclic N) is 1. The Balaban J connectivity index is 1.23. The monoisotopic (exact) mass is 395 g/mol. The van der Waals surface area contributed by atoms with Gasteiger partial charge in [0.2, 0.25) is 5.91 Å². The number of aliphatic hydroxyl groups excluding tert-OH is 1. The molecule has 2 aliphatic heterocycles. The summed E-state index contributed by atoms with van der Waals surface area (Å²) in [7, 11) is 0. The number of nitrogens with one attached hydrogen (secondary N) is 1. The molecule has 0 aliphatic carbocycles. The summed E-state index contributed by atoms with van der Waals surface area (Å²) in [5.74, 6) is 0.705. The van der Waals surface area contributed by atoms with Crippen LogP contribution in [0.4, 0.5) is 11.4 Å². The predicted octanol–water partition coefficient (Wildman–Crippen LogP) is 2.36. The summed E-state index contributed by atoms with van der Waals surface area (Å²) in [5.41, 5.74) is 5.72. The first-order chi connectivity index (χ1) is 14.0. The van der Waals surface area contributed by atoms with Gasteiger partial charge >= 0.3 is 0 Å². The zero-order valence-electron chi connectivity index (χ0n) is 17.1. The number of rotatable bonds is 6. The third-order valence-corrected chi connectivity index (χ3v) is 5.84. The molecule has 2 aromatic carbocycles. The minimum absolute atomic E-state index is 0.0112. The smallest absolute Gasteiger partial charge is 0.228 e. The number of carbonyl (C=O) groups is 1. The molecule has 1 atom stereocenters. The molecular formula is C23H29N3O3. The molecule has 6 nitrogen and oxygen atoms in total. The predicted molar refractivity (Wildman–Crippen MR) is 115 cm³/mol. The van der Waals surface area contributed by atoms with Gasteiger partial charge < -0.3 is 20.1 Å². The highest BCUT2D eigenvalue weighted by Crippen LogP contribution is 2.27. The quantitative estimate of drug-likeness (QED) is 0.786. The Kier molecular flexibility index (Phi) is 5.74. The molecule has 0 aromatic heterocycles. The van der Waals surface area contributed by atoms with E-state index in [0.717, 1.165) is 37.4 Å². The average molecular weight is 396 g/mol. The van der Waals surface area contributed by atoms with Crippen LogP contribution in [0.3, 0.4) is 0 Å². The van der Waals surface area contributed by atoms with Gasteiger partial charge in [0.1, 0.15) is 18.5 Å². The highest BCUT2D eigenvalue weighted by atomic mass is 16.5. The molecule has 0 unspecified atom stereocenters. The number of carbonyl (C=O) groups excluding carboxylic acids is 1. The SMILES string of the molecule is Cc1ccc(N2CCN(C[C@H](O)COc3ccc4c(c3)CC(=O)N4)CC2)cc1C.